The van der Waals surface area contributed by atoms with Gasteiger partial charge in [-0.2, -0.15) is 0 Å². The molecular formula is C16H14BrClN2O2. The van der Waals surface area contributed by atoms with Crippen LogP contribution in [0.3, 0.4) is 0 Å². The lowest BCUT2D eigenvalue weighted by molar-refractivity contribution is 0.0827. The Balaban J connectivity index is 2.27. The average Bonchev–Trinajstić information content (AvgIpc) is 2.48. The molecule has 0 unspecified atom stereocenters. The van der Waals surface area contributed by atoms with E-state index in [1.165, 1.54) is 4.90 Å². The Morgan fingerprint density at radius 3 is 2.45 bits per heavy atom. The van der Waals surface area contributed by atoms with Gasteiger partial charge in [-0.15, -0.1) is 0 Å². The maximum Gasteiger partial charge on any atom is 0.255 e. The topological polar surface area (TPSA) is 49.4 Å². The van der Waals surface area contributed by atoms with Crippen LogP contribution in [0, 0.1) is 0 Å². The molecule has 2 aromatic rings. The van der Waals surface area contributed by atoms with Crippen LogP contribution in [0.15, 0.2) is 46.9 Å². The number of hydrogen-bond acceptors (Lipinski definition) is 2. The first-order chi connectivity index (χ1) is 10.4. The van der Waals surface area contributed by atoms with Gasteiger partial charge in [0.05, 0.1) is 10.7 Å². The number of anilines is 1. The summed E-state index contributed by atoms with van der Waals surface area (Å²) in [5, 5.41) is 3.10. The molecule has 0 heterocycles. The lowest BCUT2D eigenvalue weighted by Crippen LogP contribution is -2.22. The normalized spacial score (nSPS) is 10.2. The maximum atomic E-state index is 12.2. The molecule has 1 N–H and O–H groups in total. The highest BCUT2D eigenvalue weighted by molar-refractivity contribution is 9.10. The maximum absolute atomic E-state index is 12.2. The molecule has 4 nitrogen and oxygen atoms in total. The van der Waals surface area contributed by atoms with Gasteiger partial charge in [-0.3, -0.25) is 9.59 Å². The lowest BCUT2D eigenvalue weighted by Gasteiger charge is -2.13. The molecule has 0 saturated heterocycles. The molecule has 0 spiro atoms. The van der Waals surface area contributed by atoms with Crippen LogP contribution in [0.5, 0.6) is 0 Å². The first-order valence-electron chi connectivity index (χ1n) is 6.46. The third-order valence-electron chi connectivity index (χ3n) is 2.95. The Hall–Kier alpha value is -1.85. The van der Waals surface area contributed by atoms with E-state index in [0.29, 0.717) is 21.8 Å². The summed E-state index contributed by atoms with van der Waals surface area (Å²) in [5.41, 5.74) is 1.35. The van der Waals surface area contributed by atoms with Gasteiger partial charge in [-0.05, 0) is 36.4 Å². The fourth-order valence-electron chi connectivity index (χ4n) is 1.84. The van der Waals surface area contributed by atoms with Gasteiger partial charge >= 0.3 is 0 Å². The molecule has 0 bridgehead atoms. The number of hydrogen-bond donors (Lipinski definition) is 1. The highest BCUT2D eigenvalue weighted by atomic mass is 79.9. The molecule has 2 aromatic carbocycles. The van der Waals surface area contributed by atoms with Crippen LogP contribution in [0.4, 0.5) is 5.69 Å². The second-order valence-electron chi connectivity index (χ2n) is 4.86. The predicted molar refractivity (Wildman–Crippen MR) is 91.6 cm³/mol. The summed E-state index contributed by atoms with van der Waals surface area (Å²) < 4.78 is 0.808. The van der Waals surface area contributed by atoms with Crippen molar-refractivity contribution < 1.29 is 9.59 Å². The molecule has 0 aliphatic carbocycles. The molecular weight excluding hydrogens is 368 g/mol. The van der Waals surface area contributed by atoms with Crippen molar-refractivity contribution in [2.24, 2.45) is 0 Å². The number of amides is 2. The van der Waals surface area contributed by atoms with Crippen LogP contribution >= 0.6 is 27.5 Å². The van der Waals surface area contributed by atoms with E-state index in [9.17, 15) is 9.59 Å². The van der Waals surface area contributed by atoms with Gasteiger partial charge in [0.15, 0.2) is 0 Å². The van der Waals surface area contributed by atoms with Crippen molar-refractivity contribution in [3.63, 3.8) is 0 Å². The Kier molecular flexibility index (Phi) is 5.21. The van der Waals surface area contributed by atoms with E-state index < -0.39 is 0 Å². The van der Waals surface area contributed by atoms with Crippen LogP contribution in [0.25, 0.3) is 0 Å². The summed E-state index contributed by atoms with van der Waals surface area (Å²) in [4.78, 5) is 25.7. The SMILES string of the molecule is CN(C)C(=O)c1ccc(Cl)c(NC(=O)c2cccc(Br)c2)c1. The van der Waals surface area contributed by atoms with Crippen molar-refractivity contribution in [1.29, 1.82) is 0 Å². The van der Waals surface area contributed by atoms with E-state index in [2.05, 4.69) is 21.2 Å². The fraction of sp³-hybridized carbons (Fsp3) is 0.125. The lowest BCUT2D eigenvalue weighted by atomic mass is 10.1. The van der Waals surface area contributed by atoms with Gasteiger partial charge in [-0.25, -0.2) is 0 Å². The quantitative estimate of drug-likeness (QED) is 0.872. The zero-order valence-electron chi connectivity index (χ0n) is 12.1. The van der Waals surface area contributed by atoms with Crippen LogP contribution in [-0.4, -0.2) is 30.8 Å². The molecule has 6 heteroatoms. The van der Waals surface area contributed by atoms with Gasteiger partial charge in [-0.1, -0.05) is 33.6 Å². The highest BCUT2D eigenvalue weighted by Crippen LogP contribution is 2.24. The van der Waals surface area contributed by atoms with E-state index in [0.717, 1.165) is 4.47 Å². The van der Waals surface area contributed by atoms with E-state index in [1.807, 2.05) is 6.07 Å². The Morgan fingerprint density at radius 2 is 1.82 bits per heavy atom. The molecule has 0 atom stereocenters. The zero-order chi connectivity index (χ0) is 16.3. The standard InChI is InChI=1S/C16H14BrClN2O2/c1-20(2)16(22)11-6-7-13(18)14(9-11)19-15(21)10-4-3-5-12(17)8-10/h3-9H,1-2H3,(H,19,21). The number of benzene rings is 2. The van der Waals surface area contributed by atoms with Crippen molar-refractivity contribution in [1.82, 2.24) is 4.90 Å². The molecule has 0 fully saturated rings. The molecule has 0 aliphatic heterocycles. The second-order valence-corrected chi connectivity index (χ2v) is 6.18. The van der Waals surface area contributed by atoms with Crippen molar-refractivity contribution in [3.8, 4) is 0 Å². The van der Waals surface area contributed by atoms with Crippen LogP contribution in [0.2, 0.25) is 5.02 Å². The highest BCUT2D eigenvalue weighted by Gasteiger charge is 2.13. The Morgan fingerprint density at radius 1 is 1.09 bits per heavy atom. The minimum Gasteiger partial charge on any atom is -0.345 e. The summed E-state index contributed by atoms with van der Waals surface area (Å²) in [7, 11) is 3.33. The van der Waals surface area contributed by atoms with Crippen molar-refractivity contribution in [2.75, 3.05) is 19.4 Å². The molecule has 22 heavy (non-hydrogen) atoms. The summed E-state index contributed by atoms with van der Waals surface area (Å²) in [6, 6.07) is 11.8. The Labute approximate surface area is 142 Å². The van der Waals surface area contributed by atoms with E-state index in [-0.39, 0.29) is 11.8 Å². The van der Waals surface area contributed by atoms with E-state index in [1.54, 1.807) is 50.5 Å². The molecule has 2 amide bonds. The average molecular weight is 382 g/mol. The summed E-state index contributed by atoms with van der Waals surface area (Å²) in [6.07, 6.45) is 0. The largest absolute Gasteiger partial charge is 0.345 e. The zero-order valence-corrected chi connectivity index (χ0v) is 14.4. The molecule has 0 aromatic heterocycles. The van der Waals surface area contributed by atoms with E-state index >= 15 is 0 Å². The van der Waals surface area contributed by atoms with Crippen LogP contribution in [-0.2, 0) is 0 Å². The van der Waals surface area contributed by atoms with Gasteiger partial charge in [0.1, 0.15) is 0 Å². The third kappa shape index (κ3) is 3.87. The van der Waals surface area contributed by atoms with E-state index in [4.69, 9.17) is 11.6 Å². The number of nitrogens with one attached hydrogen (secondary N) is 1. The van der Waals surface area contributed by atoms with Gasteiger partial charge < -0.3 is 10.2 Å². The molecule has 0 radical (unpaired) electrons. The number of halogens is 2. The minimum atomic E-state index is -0.294. The Bertz CT molecular complexity index is 732. The first kappa shape index (κ1) is 16.5. The number of rotatable bonds is 3. The monoisotopic (exact) mass is 380 g/mol. The van der Waals surface area contributed by atoms with Gasteiger partial charge in [0.25, 0.3) is 11.8 Å². The van der Waals surface area contributed by atoms with Crippen LogP contribution < -0.4 is 5.32 Å². The first-order valence-corrected chi connectivity index (χ1v) is 7.63. The van der Waals surface area contributed by atoms with Gasteiger partial charge in [0.2, 0.25) is 0 Å². The predicted octanol–water partition coefficient (Wildman–Crippen LogP) is 4.06. The summed E-state index contributed by atoms with van der Waals surface area (Å²) in [6.45, 7) is 0. The number of nitrogens with zero attached hydrogens (tertiary/aromatic N) is 1. The van der Waals surface area contributed by atoms with Crippen molar-refractivity contribution >= 4 is 45.0 Å². The minimum absolute atomic E-state index is 0.158. The molecule has 114 valence electrons. The molecule has 2 rings (SSSR count). The van der Waals surface area contributed by atoms with Gasteiger partial charge in [0, 0.05) is 29.7 Å². The smallest absolute Gasteiger partial charge is 0.255 e. The summed E-state index contributed by atoms with van der Waals surface area (Å²) in [5.74, 6) is -0.452. The fourth-order valence-corrected chi connectivity index (χ4v) is 2.40. The molecule has 0 aliphatic rings. The summed E-state index contributed by atoms with van der Waals surface area (Å²) >= 11 is 9.42. The van der Waals surface area contributed by atoms with Crippen molar-refractivity contribution in [3.05, 3.63) is 63.1 Å². The van der Waals surface area contributed by atoms with Crippen molar-refractivity contribution in [2.45, 2.75) is 0 Å². The third-order valence-corrected chi connectivity index (χ3v) is 3.78. The number of carbonyl (C=O) groups excluding carboxylic acids is 2. The number of carbonyl (C=O) groups is 2. The molecule has 0 saturated carbocycles. The van der Waals surface area contributed by atoms with Crippen LogP contribution in [0.1, 0.15) is 20.7 Å². The second kappa shape index (κ2) is 6.94.